The lowest BCUT2D eigenvalue weighted by atomic mass is 9.99. The van der Waals surface area contributed by atoms with Gasteiger partial charge in [0.1, 0.15) is 6.61 Å². The van der Waals surface area contributed by atoms with E-state index in [0.29, 0.717) is 25.0 Å². The standard InChI is InChI=1S/C38H70O6/c1-4-6-7-8-17-22-27-35-36(44-35)28-23-18-15-20-24-29-37(40)42-32-34(31-39)43-38(41)30-25-19-14-12-10-9-11-13-16-21-26-33(3)5-2/h17,22,33-36,39H,4-16,18-21,23-32H2,1-3H3/b22-17-/t33?,34-,35?,36?/m0/s1. The largest absolute Gasteiger partial charge is 0.462 e. The summed E-state index contributed by atoms with van der Waals surface area (Å²) in [6, 6.07) is 0. The van der Waals surface area contributed by atoms with Crippen LogP contribution in [0.1, 0.15) is 181 Å². The van der Waals surface area contributed by atoms with Crippen LogP contribution in [-0.4, -0.2) is 48.6 Å². The molecule has 1 aliphatic rings. The number of allylic oxidation sites excluding steroid dienone is 1. The molecule has 0 aliphatic carbocycles. The van der Waals surface area contributed by atoms with Gasteiger partial charge in [0.15, 0.2) is 6.10 Å². The number of ether oxygens (including phenoxy) is 3. The van der Waals surface area contributed by atoms with Gasteiger partial charge in [0.05, 0.1) is 18.8 Å². The Morgan fingerprint density at radius 1 is 0.727 bits per heavy atom. The number of epoxide rings is 1. The maximum atomic E-state index is 12.1. The summed E-state index contributed by atoms with van der Waals surface area (Å²) in [4.78, 5) is 24.2. The summed E-state index contributed by atoms with van der Waals surface area (Å²) >= 11 is 0. The molecule has 1 heterocycles. The number of carbonyl (C=O) groups is 2. The Morgan fingerprint density at radius 2 is 1.32 bits per heavy atom. The first-order valence-electron chi connectivity index (χ1n) is 18.8. The van der Waals surface area contributed by atoms with Crippen LogP contribution in [0.3, 0.4) is 0 Å². The predicted molar refractivity (Wildman–Crippen MR) is 182 cm³/mol. The average molecular weight is 623 g/mol. The van der Waals surface area contributed by atoms with Crippen molar-refractivity contribution in [1.29, 1.82) is 0 Å². The Hall–Kier alpha value is -1.40. The van der Waals surface area contributed by atoms with Gasteiger partial charge in [-0.25, -0.2) is 0 Å². The zero-order valence-electron chi connectivity index (χ0n) is 29.0. The molecule has 0 aromatic rings. The fourth-order valence-electron chi connectivity index (χ4n) is 5.65. The maximum absolute atomic E-state index is 12.1. The second-order valence-corrected chi connectivity index (χ2v) is 13.3. The van der Waals surface area contributed by atoms with Gasteiger partial charge in [-0.3, -0.25) is 9.59 Å². The van der Waals surface area contributed by atoms with E-state index in [1.165, 1.54) is 89.9 Å². The predicted octanol–water partition coefficient (Wildman–Crippen LogP) is 10.2. The van der Waals surface area contributed by atoms with Gasteiger partial charge in [-0.1, -0.05) is 142 Å². The third kappa shape index (κ3) is 24.9. The van der Waals surface area contributed by atoms with E-state index in [0.717, 1.165) is 63.7 Å². The average Bonchev–Trinajstić information content (AvgIpc) is 3.78. The molecule has 258 valence electrons. The molecule has 3 unspecified atom stereocenters. The molecule has 0 saturated carbocycles. The summed E-state index contributed by atoms with van der Waals surface area (Å²) in [6.07, 6.45) is 32.8. The van der Waals surface area contributed by atoms with Crippen LogP contribution in [0.15, 0.2) is 12.2 Å². The number of rotatable bonds is 32. The van der Waals surface area contributed by atoms with Gasteiger partial charge >= 0.3 is 11.9 Å². The summed E-state index contributed by atoms with van der Waals surface area (Å²) in [6.45, 7) is 6.45. The fraction of sp³-hybridized carbons (Fsp3) is 0.895. The summed E-state index contributed by atoms with van der Waals surface area (Å²) < 4.78 is 16.4. The molecule has 1 fully saturated rings. The summed E-state index contributed by atoms with van der Waals surface area (Å²) in [5.74, 6) is 0.265. The first kappa shape index (κ1) is 40.6. The molecular weight excluding hydrogens is 552 g/mol. The smallest absolute Gasteiger partial charge is 0.306 e. The van der Waals surface area contributed by atoms with Crippen LogP contribution in [-0.2, 0) is 23.8 Å². The highest BCUT2D eigenvalue weighted by atomic mass is 16.6. The molecule has 6 nitrogen and oxygen atoms in total. The van der Waals surface area contributed by atoms with E-state index in [2.05, 4.69) is 32.9 Å². The monoisotopic (exact) mass is 623 g/mol. The lowest BCUT2D eigenvalue weighted by Gasteiger charge is -2.15. The van der Waals surface area contributed by atoms with Crippen molar-refractivity contribution in [3.8, 4) is 0 Å². The van der Waals surface area contributed by atoms with E-state index < -0.39 is 6.10 Å². The van der Waals surface area contributed by atoms with Crippen molar-refractivity contribution in [3.63, 3.8) is 0 Å². The lowest BCUT2D eigenvalue weighted by Crippen LogP contribution is -2.28. The van der Waals surface area contributed by atoms with Crippen molar-refractivity contribution in [2.45, 2.75) is 200 Å². The van der Waals surface area contributed by atoms with Gasteiger partial charge in [-0.2, -0.15) is 0 Å². The van der Waals surface area contributed by atoms with E-state index >= 15 is 0 Å². The Labute approximate surface area is 271 Å². The highest BCUT2D eigenvalue weighted by Crippen LogP contribution is 2.30. The molecule has 1 aliphatic heterocycles. The van der Waals surface area contributed by atoms with E-state index in [9.17, 15) is 14.7 Å². The van der Waals surface area contributed by atoms with Gasteiger partial charge in [0.2, 0.25) is 0 Å². The minimum absolute atomic E-state index is 0.0742. The molecule has 0 aromatic carbocycles. The lowest BCUT2D eigenvalue weighted by molar-refractivity contribution is -0.161. The van der Waals surface area contributed by atoms with Crippen molar-refractivity contribution >= 4 is 11.9 Å². The first-order valence-corrected chi connectivity index (χ1v) is 18.8. The molecular formula is C38H70O6. The maximum Gasteiger partial charge on any atom is 0.306 e. The number of unbranched alkanes of at least 4 members (excludes halogenated alkanes) is 16. The van der Waals surface area contributed by atoms with Gasteiger partial charge in [0.25, 0.3) is 0 Å². The highest BCUT2D eigenvalue weighted by molar-refractivity contribution is 5.70. The van der Waals surface area contributed by atoms with Crippen LogP contribution >= 0.6 is 0 Å². The minimum Gasteiger partial charge on any atom is -0.462 e. The second-order valence-electron chi connectivity index (χ2n) is 13.3. The number of carbonyl (C=O) groups excluding carboxylic acids is 2. The third-order valence-electron chi connectivity index (χ3n) is 9.02. The molecule has 0 bridgehead atoms. The Balaban J connectivity index is 1.89. The van der Waals surface area contributed by atoms with E-state index in [1.54, 1.807) is 0 Å². The molecule has 0 amide bonds. The van der Waals surface area contributed by atoms with Crippen LogP contribution in [0.5, 0.6) is 0 Å². The number of aliphatic hydroxyl groups excluding tert-OH is 1. The summed E-state index contributed by atoms with van der Waals surface area (Å²) in [5.41, 5.74) is 0. The number of hydrogen-bond donors (Lipinski definition) is 1. The SMILES string of the molecule is CCCCC/C=C\CC1OC1CCCCCCCC(=O)OC[C@H](CO)OC(=O)CCCCCCCCCCCCC(C)CC. The first-order chi connectivity index (χ1) is 21.5. The molecule has 44 heavy (non-hydrogen) atoms. The quantitative estimate of drug-likeness (QED) is 0.0348. The molecule has 0 radical (unpaired) electrons. The van der Waals surface area contributed by atoms with Gasteiger partial charge in [-0.05, 0) is 44.4 Å². The zero-order chi connectivity index (χ0) is 32.1. The Bertz CT molecular complexity index is 707. The van der Waals surface area contributed by atoms with Gasteiger partial charge in [0, 0.05) is 12.8 Å². The summed E-state index contributed by atoms with van der Waals surface area (Å²) in [7, 11) is 0. The van der Waals surface area contributed by atoms with E-state index in [1.807, 2.05) is 0 Å². The third-order valence-corrected chi connectivity index (χ3v) is 9.02. The van der Waals surface area contributed by atoms with E-state index in [4.69, 9.17) is 14.2 Å². The zero-order valence-corrected chi connectivity index (χ0v) is 29.0. The Kier molecular flexibility index (Phi) is 26.8. The molecule has 1 saturated heterocycles. The fourth-order valence-corrected chi connectivity index (χ4v) is 5.65. The molecule has 1 rings (SSSR count). The topological polar surface area (TPSA) is 85.4 Å². The molecule has 4 atom stereocenters. The molecule has 6 heteroatoms. The van der Waals surface area contributed by atoms with Crippen LogP contribution in [0, 0.1) is 5.92 Å². The van der Waals surface area contributed by atoms with Crippen LogP contribution in [0.2, 0.25) is 0 Å². The highest BCUT2D eigenvalue weighted by Gasteiger charge is 2.36. The summed E-state index contributed by atoms with van der Waals surface area (Å²) in [5, 5.41) is 9.54. The molecule has 0 aromatic heterocycles. The molecule has 1 N–H and O–H groups in total. The minimum atomic E-state index is -0.776. The van der Waals surface area contributed by atoms with Crippen molar-refractivity contribution in [2.75, 3.05) is 13.2 Å². The van der Waals surface area contributed by atoms with Crippen LogP contribution < -0.4 is 0 Å². The van der Waals surface area contributed by atoms with Gasteiger partial charge in [-0.15, -0.1) is 0 Å². The van der Waals surface area contributed by atoms with Crippen molar-refractivity contribution in [1.82, 2.24) is 0 Å². The van der Waals surface area contributed by atoms with Crippen molar-refractivity contribution < 1.29 is 28.9 Å². The number of aliphatic hydroxyl groups is 1. The number of hydrogen-bond acceptors (Lipinski definition) is 6. The van der Waals surface area contributed by atoms with Crippen molar-refractivity contribution in [2.24, 2.45) is 5.92 Å². The number of esters is 2. The van der Waals surface area contributed by atoms with Crippen molar-refractivity contribution in [3.05, 3.63) is 12.2 Å². The van der Waals surface area contributed by atoms with Gasteiger partial charge < -0.3 is 19.3 Å². The normalized spacial score (nSPS) is 17.5. The van der Waals surface area contributed by atoms with Crippen LogP contribution in [0.25, 0.3) is 0 Å². The second kappa shape index (κ2) is 29.0. The molecule has 0 spiro atoms. The van der Waals surface area contributed by atoms with E-state index in [-0.39, 0.29) is 25.2 Å². The Morgan fingerprint density at radius 3 is 1.93 bits per heavy atom. The van der Waals surface area contributed by atoms with Crippen LogP contribution in [0.4, 0.5) is 0 Å².